The van der Waals surface area contributed by atoms with Crippen LogP contribution in [0, 0.1) is 11.2 Å². The second-order valence-corrected chi connectivity index (χ2v) is 24.4. The molecule has 3 atom stereocenters. The zero-order chi connectivity index (χ0) is 39.8. The summed E-state index contributed by atoms with van der Waals surface area (Å²) in [5, 5.41) is 2.57. The Morgan fingerprint density at radius 2 is 1.64 bits per heavy atom. The lowest BCUT2D eigenvalue weighted by Crippen LogP contribution is -2.57. The molecule has 2 unspecified atom stereocenters. The average molecular weight is 782 g/mol. The van der Waals surface area contributed by atoms with Crippen LogP contribution in [0.15, 0.2) is 48.5 Å². The fourth-order valence-electron chi connectivity index (χ4n) is 8.74. The third-order valence-corrected chi connectivity index (χ3v) is 17.5. The van der Waals surface area contributed by atoms with Crippen molar-refractivity contribution in [3.05, 3.63) is 54.3 Å². The van der Waals surface area contributed by atoms with Gasteiger partial charge in [-0.05, 0) is 125 Å². The Hall–Kier alpha value is -3.96. The van der Waals surface area contributed by atoms with Crippen LogP contribution in [0.4, 0.5) is 15.0 Å². The number of ether oxygens (including phenoxy) is 2. The van der Waals surface area contributed by atoms with E-state index >= 15 is 4.39 Å². The van der Waals surface area contributed by atoms with Gasteiger partial charge in [0.15, 0.2) is 5.82 Å². The van der Waals surface area contributed by atoms with Gasteiger partial charge in [0.2, 0.25) is 8.32 Å². The number of piperazine rings is 1. The summed E-state index contributed by atoms with van der Waals surface area (Å²) in [5.41, 5.74) is 0.952. The van der Waals surface area contributed by atoms with Crippen molar-refractivity contribution in [1.29, 1.82) is 0 Å². The Balaban J connectivity index is 1.19. The van der Waals surface area contributed by atoms with Gasteiger partial charge >= 0.3 is 12.1 Å². The molecule has 0 N–H and O–H groups in total. The number of fused-ring (bicyclic) bond motifs is 4. The first-order valence-electron chi connectivity index (χ1n) is 20.8. The summed E-state index contributed by atoms with van der Waals surface area (Å²) in [6.45, 7) is 22.9. The quantitative estimate of drug-likeness (QED) is 0.155. The van der Waals surface area contributed by atoms with Gasteiger partial charge in [-0.25, -0.2) is 9.18 Å². The number of rotatable bonds is 9. The van der Waals surface area contributed by atoms with Crippen molar-refractivity contribution in [3.8, 4) is 22.9 Å². The monoisotopic (exact) mass is 781 g/mol. The number of halogens is 1. The molecule has 3 aromatic carbocycles. The number of anilines is 1. The molecular weight excluding hydrogens is 722 g/mol. The van der Waals surface area contributed by atoms with Gasteiger partial charge in [-0.3, -0.25) is 9.80 Å². The molecule has 4 aromatic rings. The topological polar surface area (TPSA) is 80.3 Å². The minimum atomic E-state index is -2.19. The van der Waals surface area contributed by atoms with E-state index in [1.807, 2.05) is 62.1 Å². The van der Waals surface area contributed by atoms with E-state index in [4.69, 9.17) is 23.9 Å². The fourth-order valence-corrected chi connectivity index (χ4v) is 9.75. The van der Waals surface area contributed by atoms with Gasteiger partial charge in [-0.2, -0.15) is 9.97 Å². The van der Waals surface area contributed by atoms with Crippen molar-refractivity contribution in [2.45, 2.75) is 129 Å². The van der Waals surface area contributed by atoms with E-state index in [-0.39, 0.29) is 40.2 Å². The molecule has 2 bridgehead atoms. The summed E-state index contributed by atoms with van der Waals surface area (Å²) in [6.07, 6.45) is 6.16. The highest BCUT2D eigenvalue weighted by molar-refractivity contribution is 6.74. The Labute approximate surface area is 333 Å². The number of amides is 1. The van der Waals surface area contributed by atoms with E-state index in [1.165, 1.54) is 12.8 Å². The van der Waals surface area contributed by atoms with Gasteiger partial charge < -0.3 is 18.8 Å². The first-order valence-corrected chi connectivity index (χ1v) is 23.7. The third-order valence-electron chi connectivity index (χ3n) is 13.2. The van der Waals surface area contributed by atoms with Crippen molar-refractivity contribution < 1.29 is 23.1 Å². The predicted molar refractivity (Wildman–Crippen MR) is 225 cm³/mol. The van der Waals surface area contributed by atoms with Crippen LogP contribution < -0.4 is 14.1 Å². The van der Waals surface area contributed by atoms with Gasteiger partial charge in [0.25, 0.3) is 0 Å². The Morgan fingerprint density at radius 3 is 2.29 bits per heavy atom. The number of aromatic nitrogens is 2. The molecular formula is C45H60FN5O4Si. The molecule has 1 aromatic heterocycles. The number of likely N-dealkylation sites (tertiary alicyclic amines) is 1. The highest BCUT2D eigenvalue weighted by atomic mass is 28.4. The number of hydrogen-bond donors (Lipinski definition) is 0. The van der Waals surface area contributed by atoms with Crippen LogP contribution in [0.1, 0.15) is 87.0 Å². The van der Waals surface area contributed by atoms with Crippen LogP contribution in [0.3, 0.4) is 0 Å². The zero-order valence-electron chi connectivity index (χ0n) is 34.9. The minimum absolute atomic E-state index is 0.000357. The molecule has 4 heterocycles. The Bertz CT molecular complexity index is 2130. The lowest BCUT2D eigenvalue weighted by atomic mass is 9.96. The van der Waals surface area contributed by atoms with Crippen LogP contribution in [-0.4, -0.2) is 90.7 Å². The molecule has 8 rings (SSSR count). The van der Waals surface area contributed by atoms with Crippen LogP contribution in [-0.2, 0) is 4.74 Å². The molecule has 9 nitrogen and oxygen atoms in total. The summed E-state index contributed by atoms with van der Waals surface area (Å²) in [5.74, 6) is 0.986. The van der Waals surface area contributed by atoms with E-state index < -0.39 is 19.7 Å². The average Bonchev–Trinajstić information content (AvgIpc) is 3.69. The summed E-state index contributed by atoms with van der Waals surface area (Å²) < 4.78 is 36.7. The summed E-state index contributed by atoms with van der Waals surface area (Å²) in [6, 6.07) is 16.7. The van der Waals surface area contributed by atoms with Crippen molar-refractivity contribution in [1.82, 2.24) is 19.8 Å². The van der Waals surface area contributed by atoms with Gasteiger partial charge in [-0.15, -0.1) is 0 Å². The first kappa shape index (κ1) is 38.9. The summed E-state index contributed by atoms with van der Waals surface area (Å²) in [7, 11) is -2.19. The molecule has 4 aliphatic rings. The number of carbonyl (C=O) groups excluding carboxylic acids is 1. The molecule has 11 heteroatoms. The van der Waals surface area contributed by atoms with Crippen LogP contribution >= 0.6 is 0 Å². The smallest absolute Gasteiger partial charge is 0.410 e. The van der Waals surface area contributed by atoms with E-state index in [0.29, 0.717) is 42.5 Å². The maximum absolute atomic E-state index is 17.5. The largest absolute Gasteiger partial charge is 0.543 e. The van der Waals surface area contributed by atoms with Crippen LogP contribution in [0.2, 0.25) is 18.1 Å². The lowest BCUT2D eigenvalue weighted by Gasteiger charge is -2.42. The number of nitrogens with zero attached hydrogens (tertiary/aromatic N) is 5. The molecule has 3 aliphatic heterocycles. The Morgan fingerprint density at radius 1 is 0.929 bits per heavy atom. The molecule has 1 amide bonds. The minimum Gasteiger partial charge on any atom is -0.543 e. The Kier molecular flexibility index (Phi) is 9.82. The van der Waals surface area contributed by atoms with Crippen LogP contribution in [0.25, 0.3) is 32.8 Å². The maximum atomic E-state index is 17.5. The second kappa shape index (κ2) is 14.1. The molecule has 56 heavy (non-hydrogen) atoms. The number of benzene rings is 3. The molecule has 3 saturated heterocycles. The van der Waals surface area contributed by atoms with E-state index in [9.17, 15) is 4.79 Å². The zero-order valence-corrected chi connectivity index (χ0v) is 35.9. The normalized spacial score (nSPS) is 22.6. The standard InChI is InChI=1S/C45H60FN5O4Si/c1-29-13-12-22-49(29)27-45(20-21-45)28-53-41-47-39-36(40(48-41)50-25-31-16-17-32(26-50)51(31)42(52)54-43(2,3)4)19-18-35(38(39)46)37-24-33(55-56(8,9)44(5,6)7)23-30-14-10-11-15-34(30)37/h10-11,14-15,18-19,23-24,29,31-32H,12-13,16-17,20-22,25-28H2,1-9H3/t29-,31?,32?/m0/s1. The predicted octanol–water partition coefficient (Wildman–Crippen LogP) is 10.2. The first-order chi connectivity index (χ1) is 26.4. The lowest BCUT2D eigenvalue weighted by molar-refractivity contribution is 0.0122. The van der Waals surface area contributed by atoms with Gasteiger partial charge in [-0.1, -0.05) is 51.1 Å². The summed E-state index contributed by atoms with van der Waals surface area (Å²) in [4.78, 5) is 30.0. The van der Waals surface area contributed by atoms with Gasteiger partial charge in [0.05, 0.1) is 18.7 Å². The summed E-state index contributed by atoms with van der Waals surface area (Å²) >= 11 is 0. The van der Waals surface area contributed by atoms with Crippen molar-refractivity contribution >= 4 is 41.9 Å². The molecule has 1 aliphatic carbocycles. The number of carbonyl (C=O) groups is 1. The van der Waals surface area contributed by atoms with E-state index in [1.54, 1.807) is 0 Å². The molecule has 1 saturated carbocycles. The van der Waals surface area contributed by atoms with E-state index in [0.717, 1.165) is 60.9 Å². The van der Waals surface area contributed by atoms with Crippen molar-refractivity contribution in [2.75, 3.05) is 37.7 Å². The van der Waals surface area contributed by atoms with Gasteiger partial charge in [0.1, 0.15) is 22.7 Å². The molecule has 0 radical (unpaired) electrons. The van der Waals surface area contributed by atoms with Crippen LogP contribution in [0.5, 0.6) is 11.8 Å². The number of hydrogen-bond acceptors (Lipinski definition) is 8. The molecule has 300 valence electrons. The molecule has 4 fully saturated rings. The van der Waals surface area contributed by atoms with E-state index in [2.05, 4.69) is 62.7 Å². The maximum Gasteiger partial charge on any atom is 0.410 e. The highest BCUT2D eigenvalue weighted by Crippen LogP contribution is 2.48. The molecule has 0 spiro atoms. The van der Waals surface area contributed by atoms with Crippen molar-refractivity contribution in [3.63, 3.8) is 0 Å². The second-order valence-electron chi connectivity index (χ2n) is 19.6. The third kappa shape index (κ3) is 7.57. The highest BCUT2D eigenvalue weighted by Gasteiger charge is 2.47. The van der Waals surface area contributed by atoms with Crippen molar-refractivity contribution in [2.24, 2.45) is 5.41 Å². The van der Waals surface area contributed by atoms with Gasteiger partial charge in [0, 0.05) is 42.0 Å². The fraction of sp³-hybridized carbons (Fsp3) is 0.578. The SMILES string of the molecule is C[C@H]1CCCN1CC1(COc2nc(N3CC4CCC(C3)N4C(=O)OC(C)(C)C)c3ccc(-c4cc(O[Si](C)(C)C(C)(C)C)cc5ccccc45)c(F)c3n2)CC1.